The van der Waals surface area contributed by atoms with Crippen LogP contribution in [0.4, 0.5) is 11.5 Å². The molecular formula is C18H20N6O. The number of aryl methyl sites for hydroxylation is 2. The van der Waals surface area contributed by atoms with Crippen molar-refractivity contribution in [1.82, 2.24) is 9.97 Å². The zero-order valence-electron chi connectivity index (χ0n) is 14.4. The van der Waals surface area contributed by atoms with Crippen molar-refractivity contribution in [3.63, 3.8) is 0 Å². The molecule has 25 heavy (non-hydrogen) atoms. The lowest BCUT2D eigenvalue weighted by atomic mass is 10.1. The topological polar surface area (TPSA) is 112 Å². The second kappa shape index (κ2) is 8.51. The second-order valence-corrected chi connectivity index (χ2v) is 5.57. The molecule has 0 aliphatic rings. The molecule has 1 aromatic heterocycles. The van der Waals surface area contributed by atoms with E-state index in [2.05, 4.69) is 22.1 Å². The van der Waals surface area contributed by atoms with Crippen molar-refractivity contribution in [2.24, 2.45) is 0 Å². The Morgan fingerprint density at radius 2 is 1.76 bits per heavy atom. The van der Waals surface area contributed by atoms with Crippen molar-refractivity contribution in [3.05, 3.63) is 35.7 Å². The minimum atomic E-state index is 0.257. The van der Waals surface area contributed by atoms with Crippen LogP contribution in [-0.4, -0.2) is 23.1 Å². The van der Waals surface area contributed by atoms with Gasteiger partial charge in [0.2, 0.25) is 5.88 Å². The molecule has 0 saturated heterocycles. The largest absolute Gasteiger partial charge is 0.437 e. The van der Waals surface area contributed by atoms with Crippen molar-refractivity contribution in [1.29, 1.82) is 10.5 Å². The molecule has 1 aromatic carbocycles. The summed E-state index contributed by atoms with van der Waals surface area (Å²) < 4.78 is 5.81. The number of anilines is 2. The SMILES string of the molecule is Cc1ccc(Oc2ncnc(N(CCC#N)CCC#N)c2N)cc1C. The van der Waals surface area contributed by atoms with Crippen LogP contribution in [0.2, 0.25) is 0 Å². The van der Waals surface area contributed by atoms with Crippen LogP contribution in [-0.2, 0) is 0 Å². The van der Waals surface area contributed by atoms with Crippen LogP contribution >= 0.6 is 0 Å². The molecular weight excluding hydrogens is 316 g/mol. The van der Waals surface area contributed by atoms with Gasteiger partial charge in [0.05, 0.1) is 25.0 Å². The zero-order chi connectivity index (χ0) is 18.2. The van der Waals surface area contributed by atoms with Crippen LogP contribution in [0, 0.1) is 36.5 Å². The third-order valence-corrected chi connectivity index (χ3v) is 3.81. The number of hydrogen-bond donors (Lipinski definition) is 1. The second-order valence-electron chi connectivity index (χ2n) is 5.57. The number of ether oxygens (including phenoxy) is 1. The molecule has 0 fully saturated rings. The van der Waals surface area contributed by atoms with Gasteiger partial charge >= 0.3 is 0 Å². The summed E-state index contributed by atoms with van der Waals surface area (Å²) in [6, 6.07) is 9.92. The number of aromatic nitrogens is 2. The number of rotatable bonds is 7. The van der Waals surface area contributed by atoms with Gasteiger partial charge in [0.25, 0.3) is 0 Å². The van der Waals surface area contributed by atoms with Crippen molar-refractivity contribution in [2.75, 3.05) is 23.7 Å². The van der Waals surface area contributed by atoms with E-state index in [0.29, 0.717) is 37.5 Å². The first kappa shape index (κ1) is 18.0. The molecule has 0 amide bonds. The summed E-state index contributed by atoms with van der Waals surface area (Å²) in [5.74, 6) is 1.37. The van der Waals surface area contributed by atoms with Crippen LogP contribution in [0.5, 0.6) is 11.6 Å². The average molecular weight is 336 g/mol. The van der Waals surface area contributed by atoms with Gasteiger partial charge in [-0.25, -0.2) is 4.98 Å². The summed E-state index contributed by atoms with van der Waals surface area (Å²) in [6.07, 6.45) is 1.98. The Bertz CT molecular complexity index is 803. The molecule has 1 heterocycles. The number of benzene rings is 1. The summed E-state index contributed by atoms with van der Waals surface area (Å²) in [5, 5.41) is 17.6. The summed E-state index contributed by atoms with van der Waals surface area (Å²) in [6.45, 7) is 4.89. The van der Waals surface area contributed by atoms with Crippen LogP contribution in [0.1, 0.15) is 24.0 Å². The standard InChI is InChI=1S/C18H20N6O/c1-13-5-6-15(11-14(13)2)25-18-16(21)17(22-12-23-18)24(9-3-7-19)10-4-8-20/h5-6,11-12H,3-4,9-10,21H2,1-2H3. The van der Waals surface area contributed by atoms with Crippen molar-refractivity contribution < 1.29 is 4.74 Å². The number of nitriles is 2. The van der Waals surface area contributed by atoms with Crippen molar-refractivity contribution in [3.8, 4) is 23.8 Å². The van der Waals surface area contributed by atoms with E-state index in [0.717, 1.165) is 5.56 Å². The molecule has 0 radical (unpaired) electrons. The van der Waals surface area contributed by atoms with Crippen molar-refractivity contribution in [2.45, 2.75) is 26.7 Å². The Hall–Kier alpha value is -3.32. The molecule has 2 rings (SSSR count). The number of hydrogen-bond acceptors (Lipinski definition) is 7. The van der Waals surface area contributed by atoms with Gasteiger partial charge < -0.3 is 15.4 Å². The van der Waals surface area contributed by atoms with Gasteiger partial charge in [-0.05, 0) is 37.1 Å². The number of nitrogens with two attached hydrogens (primary N) is 1. The first-order chi connectivity index (χ1) is 12.1. The fraction of sp³-hybridized carbons (Fsp3) is 0.333. The molecule has 0 bridgehead atoms. The third kappa shape index (κ3) is 4.58. The summed E-state index contributed by atoms with van der Waals surface area (Å²) in [7, 11) is 0. The summed E-state index contributed by atoms with van der Waals surface area (Å²) in [5.41, 5.74) is 8.75. The Morgan fingerprint density at radius 3 is 2.36 bits per heavy atom. The van der Waals surface area contributed by atoms with E-state index in [-0.39, 0.29) is 11.6 Å². The van der Waals surface area contributed by atoms with Crippen LogP contribution in [0.15, 0.2) is 24.5 Å². The van der Waals surface area contributed by atoms with Gasteiger partial charge in [0.1, 0.15) is 17.8 Å². The van der Waals surface area contributed by atoms with Gasteiger partial charge in [0, 0.05) is 13.1 Å². The molecule has 7 heteroatoms. The molecule has 0 spiro atoms. The van der Waals surface area contributed by atoms with E-state index in [9.17, 15) is 0 Å². The minimum Gasteiger partial charge on any atom is -0.437 e. The van der Waals surface area contributed by atoms with Crippen molar-refractivity contribution >= 4 is 11.5 Å². The van der Waals surface area contributed by atoms with Crippen LogP contribution in [0.25, 0.3) is 0 Å². The van der Waals surface area contributed by atoms with E-state index in [4.69, 9.17) is 21.0 Å². The smallest absolute Gasteiger partial charge is 0.248 e. The highest BCUT2D eigenvalue weighted by molar-refractivity contribution is 5.68. The van der Waals surface area contributed by atoms with Gasteiger partial charge in [-0.15, -0.1) is 0 Å². The Labute approximate surface area is 147 Å². The fourth-order valence-electron chi connectivity index (χ4n) is 2.29. The van der Waals surface area contributed by atoms with Gasteiger partial charge in [0.15, 0.2) is 5.82 Å². The Balaban J connectivity index is 2.29. The fourth-order valence-corrected chi connectivity index (χ4v) is 2.29. The maximum absolute atomic E-state index is 8.82. The van der Waals surface area contributed by atoms with Gasteiger partial charge in [-0.3, -0.25) is 0 Å². The van der Waals surface area contributed by atoms with E-state index in [1.54, 1.807) is 4.90 Å². The van der Waals surface area contributed by atoms with E-state index in [1.807, 2.05) is 32.0 Å². The molecule has 2 aromatic rings. The normalized spacial score (nSPS) is 9.92. The molecule has 7 nitrogen and oxygen atoms in total. The highest BCUT2D eigenvalue weighted by Gasteiger charge is 2.16. The molecule has 0 saturated carbocycles. The molecule has 128 valence electrons. The predicted molar refractivity (Wildman–Crippen MR) is 95.1 cm³/mol. The first-order valence-corrected chi connectivity index (χ1v) is 7.91. The molecule has 0 aliphatic carbocycles. The molecule has 0 aliphatic heterocycles. The lowest BCUT2D eigenvalue weighted by molar-refractivity contribution is 0.463. The summed E-state index contributed by atoms with van der Waals surface area (Å²) >= 11 is 0. The Kier molecular flexibility index (Phi) is 6.14. The quantitative estimate of drug-likeness (QED) is 0.826. The molecule has 0 unspecified atom stereocenters. The predicted octanol–water partition coefficient (Wildman–Crippen LogP) is 3.10. The average Bonchev–Trinajstić information content (AvgIpc) is 2.60. The number of nitrogens with zero attached hydrogens (tertiary/aromatic N) is 5. The van der Waals surface area contributed by atoms with Crippen LogP contribution < -0.4 is 15.4 Å². The van der Waals surface area contributed by atoms with Crippen LogP contribution in [0.3, 0.4) is 0 Å². The lowest BCUT2D eigenvalue weighted by Gasteiger charge is -2.23. The molecule has 0 atom stereocenters. The zero-order valence-corrected chi connectivity index (χ0v) is 14.4. The van der Waals surface area contributed by atoms with Gasteiger partial charge in [-0.2, -0.15) is 15.5 Å². The first-order valence-electron chi connectivity index (χ1n) is 7.91. The monoisotopic (exact) mass is 336 g/mol. The maximum atomic E-state index is 8.82. The lowest BCUT2D eigenvalue weighted by Crippen LogP contribution is -2.27. The minimum absolute atomic E-state index is 0.257. The summed E-state index contributed by atoms with van der Waals surface area (Å²) in [4.78, 5) is 10.1. The number of nitrogen functional groups attached to an aromatic ring is 1. The highest BCUT2D eigenvalue weighted by Crippen LogP contribution is 2.32. The van der Waals surface area contributed by atoms with Gasteiger partial charge in [-0.1, -0.05) is 6.07 Å². The molecule has 2 N–H and O–H groups in total. The Morgan fingerprint density at radius 1 is 1.08 bits per heavy atom. The van der Waals surface area contributed by atoms with E-state index < -0.39 is 0 Å². The maximum Gasteiger partial charge on any atom is 0.248 e. The highest BCUT2D eigenvalue weighted by atomic mass is 16.5. The third-order valence-electron chi connectivity index (χ3n) is 3.81. The van der Waals surface area contributed by atoms with E-state index in [1.165, 1.54) is 11.9 Å². The van der Waals surface area contributed by atoms with E-state index >= 15 is 0 Å².